The number of aliphatic hydroxyl groups is 1. The van der Waals surface area contributed by atoms with Gasteiger partial charge in [0.15, 0.2) is 54.8 Å². The first-order valence-electron chi connectivity index (χ1n) is 50.3. The molecule has 6 aromatic rings. The summed E-state index contributed by atoms with van der Waals surface area (Å²) in [4.78, 5) is 116. The predicted octanol–water partition coefficient (Wildman–Crippen LogP) is 23.9. The summed E-state index contributed by atoms with van der Waals surface area (Å²) >= 11 is 0. The molecule has 10 bridgehead atoms. The van der Waals surface area contributed by atoms with Crippen molar-refractivity contribution in [2.24, 2.45) is 68.5 Å². The summed E-state index contributed by atoms with van der Waals surface area (Å²) < 4.78 is 104. The molecule has 20 nitrogen and oxygen atoms in total. The van der Waals surface area contributed by atoms with Gasteiger partial charge in [-0.2, -0.15) is 0 Å². The standard InChI is InChI=1S/2C18H15S.C17H22F2O7.C17H28F2O4.C17H28O2.C16H26O3.C10H16O4/c2*1-4-10-16(11-5-1)19(17-12-6-2-7-13-17)18-14-8-3-9-15-18;1-4-16(2,6-10(20)23-7-17(3,18)19)15(22)26-12-9-5-8-11(24-9)13(12)25-14(8)21;1-5-15(3,11-13(20)22-12-16(4,18)19)14(21)23-17(6-2)9-7-8-10-17;1-5-16(2,3)15(18)19-17(4)13-7-11-6-12(9-13)10-14(17)8-11;1-4-14(2,3)13(17)19-16-8-11-5-12(9-16)7-15(18,6-11)10-16;1-4-10(2,3)9(12)14-7-5-6-13-8(7)11/h2*1-15H;8-9,11-13H,4-7H2,1-3H3;5-12H2,1-4H3;11-14H,5-10H2,1-4H3;11-12,18H,4-10H2,1-3H3;7H,4-6H2,1-3H3/q2*+1;;;;;. The smallest absolute Gasteiger partial charge is 0.347 e. The van der Waals surface area contributed by atoms with E-state index in [-0.39, 0.29) is 87.5 Å². The molecule has 139 heavy (non-hydrogen) atoms. The minimum Gasteiger partial charge on any atom is -0.463 e. The zero-order valence-corrected chi connectivity index (χ0v) is 86.2. The van der Waals surface area contributed by atoms with Crippen molar-refractivity contribution in [2.75, 3.05) is 19.8 Å². The summed E-state index contributed by atoms with van der Waals surface area (Å²) in [5, 5.41) is 10.6. The Hall–Kier alpha value is -9.11. The van der Waals surface area contributed by atoms with Crippen LogP contribution in [0, 0.1) is 68.5 Å². The second-order valence-corrected chi connectivity index (χ2v) is 47.3. The van der Waals surface area contributed by atoms with E-state index < -0.39 is 118 Å². The molecule has 19 rings (SSSR count). The van der Waals surface area contributed by atoms with E-state index in [1.54, 1.807) is 34.6 Å². The second-order valence-electron chi connectivity index (χ2n) is 43.2. The number of fused-ring (bicyclic) bond motifs is 1. The minimum atomic E-state index is -3.14. The van der Waals surface area contributed by atoms with Crippen LogP contribution in [-0.2, 0) is 112 Å². The fourth-order valence-corrected chi connectivity index (χ4v) is 25.2. The average Bonchev–Trinajstić information content (AvgIpc) is 1.46. The van der Waals surface area contributed by atoms with E-state index >= 15 is 0 Å². The number of rotatable bonds is 30. The molecule has 1 N–H and O–H groups in total. The Labute approximate surface area is 826 Å². The molecule has 0 spiro atoms. The van der Waals surface area contributed by atoms with Crippen LogP contribution in [0.4, 0.5) is 17.6 Å². The van der Waals surface area contributed by atoms with Crippen molar-refractivity contribution in [1.82, 2.24) is 0 Å². The number of halogens is 4. The number of esters is 9. The van der Waals surface area contributed by atoms with E-state index in [1.165, 1.54) is 74.8 Å². The third kappa shape index (κ3) is 28.7. The number of cyclic esters (lactones) is 1. The number of ether oxygens (including phenoxy) is 10. The van der Waals surface area contributed by atoms with E-state index in [9.17, 15) is 65.8 Å². The van der Waals surface area contributed by atoms with Crippen LogP contribution in [0.1, 0.15) is 278 Å². The summed E-state index contributed by atoms with van der Waals surface area (Å²) in [6.45, 7) is 28.0. The summed E-state index contributed by atoms with van der Waals surface area (Å²) in [6.07, 6.45) is 17.2. The molecule has 4 aliphatic heterocycles. The van der Waals surface area contributed by atoms with Gasteiger partial charge < -0.3 is 52.5 Å². The zero-order chi connectivity index (χ0) is 101. The van der Waals surface area contributed by atoms with Crippen LogP contribution < -0.4 is 0 Å². The van der Waals surface area contributed by atoms with Crippen molar-refractivity contribution in [3.8, 4) is 0 Å². The maximum absolute atomic E-state index is 12.8. The molecule has 9 aliphatic carbocycles. The summed E-state index contributed by atoms with van der Waals surface area (Å²) in [5.41, 5.74) is -5.07. The van der Waals surface area contributed by atoms with Gasteiger partial charge in [-0.05, 0) is 305 Å². The Kier molecular flexibility index (Phi) is 37.2. The van der Waals surface area contributed by atoms with E-state index in [1.807, 2.05) is 48.5 Å². The first kappa shape index (κ1) is 110. The van der Waals surface area contributed by atoms with Crippen LogP contribution in [0.15, 0.2) is 211 Å². The highest BCUT2D eigenvalue weighted by Gasteiger charge is 2.66. The third-order valence-electron chi connectivity index (χ3n) is 30.8. The number of hydrogen-bond donors (Lipinski definition) is 1. The van der Waals surface area contributed by atoms with Crippen LogP contribution >= 0.6 is 0 Å². The normalized spacial score (nSPS) is 27.0. The monoisotopic (exact) mass is 1970 g/mol. The van der Waals surface area contributed by atoms with Crippen molar-refractivity contribution < 1.29 is 113 Å². The number of benzene rings is 6. The van der Waals surface area contributed by atoms with Gasteiger partial charge in [-0.1, -0.05) is 151 Å². The number of carbonyl (C=O) groups excluding carboxylic acids is 9. The molecule has 10 atom stereocenters. The molecule has 760 valence electrons. The van der Waals surface area contributed by atoms with Crippen molar-refractivity contribution in [3.05, 3.63) is 182 Å². The number of carbonyl (C=O) groups is 9. The minimum absolute atomic E-state index is 0.0146. The highest BCUT2D eigenvalue weighted by atomic mass is 32.2. The van der Waals surface area contributed by atoms with E-state index in [2.05, 4.69) is 205 Å². The molecular formula is C113H150F4O20S2+2. The first-order valence-corrected chi connectivity index (χ1v) is 52.8. The molecule has 4 saturated heterocycles. The molecule has 10 unspecified atom stereocenters. The number of hydrogen-bond acceptors (Lipinski definition) is 20. The fraction of sp³-hybridized carbons (Fsp3) is 0.602. The molecule has 0 radical (unpaired) electrons. The van der Waals surface area contributed by atoms with E-state index in [4.69, 9.17) is 37.9 Å². The molecular weight excluding hydrogens is 1820 g/mol. The second kappa shape index (κ2) is 47.0. The Bertz CT molecular complexity index is 4700. The van der Waals surface area contributed by atoms with E-state index in [0.29, 0.717) is 76.2 Å². The van der Waals surface area contributed by atoms with Gasteiger partial charge in [-0.25, -0.2) is 22.4 Å². The van der Waals surface area contributed by atoms with Crippen LogP contribution in [0.5, 0.6) is 0 Å². The van der Waals surface area contributed by atoms with Crippen LogP contribution in [0.25, 0.3) is 0 Å². The molecule has 13 fully saturated rings. The van der Waals surface area contributed by atoms with Crippen molar-refractivity contribution in [3.63, 3.8) is 0 Å². The lowest BCUT2D eigenvalue weighted by Crippen LogP contribution is -2.61. The summed E-state index contributed by atoms with van der Waals surface area (Å²) in [7, 11) is -0.0293. The van der Waals surface area contributed by atoms with Gasteiger partial charge in [0.1, 0.15) is 22.9 Å². The molecule has 0 aromatic heterocycles. The molecule has 9 saturated carbocycles. The highest BCUT2D eigenvalue weighted by Crippen LogP contribution is 2.62. The van der Waals surface area contributed by atoms with Gasteiger partial charge in [-0.3, -0.25) is 38.4 Å². The topological polar surface area (TPSA) is 266 Å². The van der Waals surface area contributed by atoms with Crippen LogP contribution in [0.2, 0.25) is 0 Å². The van der Waals surface area contributed by atoms with Crippen molar-refractivity contribution in [1.29, 1.82) is 0 Å². The van der Waals surface area contributed by atoms with Gasteiger partial charge in [0.25, 0.3) is 11.8 Å². The van der Waals surface area contributed by atoms with Crippen molar-refractivity contribution >= 4 is 75.5 Å². The average molecular weight is 1970 g/mol. The third-order valence-corrected chi connectivity index (χ3v) is 35.2. The predicted molar refractivity (Wildman–Crippen MR) is 524 cm³/mol. The van der Waals surface area contributed by atoms with Crippen molar-refractivity contribution in [2.45, 2.75) is 372 Å². The molecule has 0 amide bonds. The lowest BCUT2D eigenvalue weighted by Gasteiger charge is -2.59. The lowest BCUT2D eigenvalue weighted by molar-refractivity contribution is -0.225. The molecule has 13 aliphatic rings. The van der Waals surface area contributed by atoms with Gasteiger partial charge in [-0.15, -0.1) is 0 Å². The van der Waals surface area contributed by atoms with Gasteiger partial charge in [0.2, 0.25) is 6.10 Å². The van der Waals surface area contributed by atoms with Crippen LogP contribution in [-0.4, -0.2) is 143 Å². The fourth-order valence-electron chi connectivity index (χ4n) is 21.0. The molecule has 4 heterocycles. The highest BCUT2D eigenvalue weighted by molar-refractivity contribution is 7.97. The maximum Gasteiger partial charge on any atom is 0.347 e. The van der Waals surface area contributed by atoms with E-state index in [0.717, 1.165) is 82.5 Å². The van der Waals surface area contributed by atoms with Gasteiger partial charge in [0.05, 0.1) is 85.9 Å². The quantitative estimate of drug-likeness (QED) is 0.0190. The molecule has 26 heteroatoms. The maximum atomic E-state index is 12.8. The van der Waals surface area contributed by atoms with Gasteiger partial charge >= 0.3 is 53.7 Å². The Morgan fingerprint density at radius 1 is 0.432 bits per heavy atom. The Morgan fingerprint density at radius 3 is 1.16 bits per heavy atom. The Morgan fingerprint density at radius 2 is 0.806 bits per heavy atom. The first-order chi connectivity index (χ1) is 65.6. The zero-order valence-electron chi connectivity index (χ0n) is 84.6. The van der Waals surface area contributed by atoms with Gasteiger partial charge in [0, 0.05) is 26.7 Å². The molecule has 6 aromatic carbocycles. The SMILES string of the molecule is CCC(C)(C)C(=O)OC1(C)C2CC3CC(C2)CC1C3.CCC(C)(C)C(=O)OC12CC3CC(CC(O)(C3)C1)C2.CCC(C)(C)C(=O)OC1CCOC1=O.CCC(C)(CC(=O)OCC(C)(F)F)C(=O)OC1C2CC3C(=O)OC1C3O2.CCC1(OC(=O)C(C)(CC)CC(=O)OCC(C)(F)F)CCCC1.c1ccc([S+](c2ccccc2)c2ccccc2)cc1.c1ccc([S+](c2ccccc2)c2ccccc2)cc1. The summed E-state index contributed by atoms with van der Waals surface area (Å²) in [6, 6.07) is 64.3. The largest absolute Gasteiger partial charge is 0.463 e. The number of alkyl halides is 4. The summed E-state index contributed by atoms with van der Waals surface area (Å²) in [5.74, 6) is -6.27. The van der Waals surface area contributed by atoms with Crippen LogP contribution in [0.3, 0.4) is 0 Å². The lowest BCUT2D eigenvalue weighted by atomic mass is 9.50. The Balaban J connectivity index is 0.000000156.